The lowest BCUT2D eigenvalue weighted by Gasteiger charge is -2.08. The molecule has 0 atom stereocenters. The summed E-state index contributed by atoms with van der Waals surface area (Å²) in [4.78, 5) is 11.7. The van der Waals surface area contributed by atoms with Gasteiger partial charge < -0.3 is 4.74 Å². The number of hydrogen-bond acceptors (Lipinski definition) is 3. The summed E-state index contributed by atoms with van der Waals surface area (Å²) in [6.07, 6.45) is 2.69. The first kappa shape index (κ1) is 13.4. The van der Waals surface area contributed by atoms with Gasteiger partial charge in [-0.05, 0) is 12.5 Å². The maximum absolute atomic E-state index is 11.7. The van der Waals surface area contributed by atoms with Crippen LogP contribution in [0.4, 0.5) is 0 Å². The van der Waals surface area contributed by atoms with Crippen molar-refractivity contribution in [3.63, 3.8) is 0 Å². The van der Waals surface area contributed by atoms with Crippen LogP contribution in [0.2, 0.25) is 5.02 Å². The number of nitrogens with zero attached hydrogens (tertiary/aromatic N) is 2. The normalized spacial score (nSPS) is 10.2. The summed E-state index contributed by atoms with van der Waals surface area (Å²) in [5.74, 6) is 0.269. The molecule has 1 aromatic heterocycles. The molecular formula is C14H13ClN2O2. The predicted molar refractivity (Wildman–Crippen MR) is 75.4 cm³/mol. The fraction of sp³-hybridized carbons (Fsp3) is 0.143. The van der Waals surface area contributed by atoms with E-state index in [1.807, 2.05) is 31.2 Å². The van der Waals surface area contributed by atoms with Gasteiger partial charge in [0.05, 0.1) is 6.20 Å². The Labute approximate surface area is 115 Å². The van der Waals surface area contributed by atoms with Crippen molar-refractivity contribution in [1.82, 2.24) is 9.78 Å². The minimum Gasteiger partial charge on any atom is -0.485 e. The zero-order valence-electron chi connectivity index (χ0n) is 10.5. The molecule has 0 spiro atoms. The van der Waals surface area contributed by atoms with E-state index in [0.717, 1.165) is 10.2 Å². The Hall–Kier alpha value is -2.07. The fourth-order valence-corrected chi connectivity index (χ4v) is 1.70. The van der Waals surface area contributed by atoms with E-state index in [2.05, 4.69) is 11.7 Å². The first-order valence-electron chi connectivity index (χ1n) is 5.70. The van der Waals surface area contributed by atoms with Crippen LogP contribution in [0.15, 0.2) is 41.8 Å². The van der Waals surface area contributed by atoms with Crippen molar-refractivity contribution in [2.45, 2.75) is 13.5 Å². The summed E-state index contributed by atoms with van der Waals surface area (Å²) in [5, 5.41) is 3.86. The largest absolute Gasteiger partial charge is 0.485 e. The molecule has 2 aromatic rings. The summed E-state index contributed by atoms with van der Waals surface area (Å²) in [5.41, 5.74) is 1.73. The molecular weight excluding hydrogens is 264 g/mol. The van der Waals surface area contributed by atoms with Crippen LogP contribution < -0.4 is 10.3 Å². The zero-order valence-corrected chi connectivity index (χ0v) is 11.2. The van der Waals surface area contributed by atoms with E-state index in [1.165, 1.54) is 18.0 Å². The molecule has 0 unspecified atom stereocenters. The lowest BCUT2D eigenvalue weighted by molar-refractivity contribution is 0.303. The number of benzene rings is 1. The van der Waals surface area contributed by atoms with Gasteiger partial charge >= 0.3 is 0 Å². The average molecular weight is 277 g/mol. The SMILES string of the molecule is C=Cn1ncc(OCc2ccc(C)cc2)c(Cl)c1=O. The van der Waals surface area contributed by atoms with Gasteiger partial charge in [0.1, 0.15) is 6.61 Å². The quantitative estimate of drug-likeness (QED) is 0.862. The third-order valence-electron chi connectivity index (χ3n) is 2.60. The predicted octanol–water partition coefficient (Wildman–Crippen LogP) is 2.88. The van der Waals surface area contributed by atoms with Crippen LogP contribution in [0, 0.1) is 6.92 Å². The minimum absolute atomic E-state index is 0.00186. The van der Waals surface area contributed by atoms with Crippen LogP contribution in [0.5, 0.6) is 5.75 Å². The molecule has 5 heteroatoms. The summed E-state index contributed by atoms with van der Waals surface area (Å²) in [7, 11) is 0. The molecule has 1 aromatic carbocycles. The molecule has 0 fully saturated rings. The van der Waals surface area contributed by atoms with E-state index < -0.39 is 5.56 Å². The van der Waals surface area contributed by atoms with E-state index in [9.17, 15) is 4.79 Å². The molecule has 0 aliphatic heterocycles. The Kier molecular flexibility index (Phi) is 4.02. The molecule has 0 aliphatic rings. The van der Waals surface area contributed by atoms with E-state index >= 15 is 0 Å². The Morgan fingerprint density at radius 1 is 1.42 bits per heavy atom. The van der Waals surface area contributed by atoms with E-state index in [0.29, 0.717) is 6.61 Å². The summed E-state index contributed by atoms with van der Waals surface area (Å²) in [6.45, 7) is 5.81. The molecule has 19 heavy (non-hydrogen) atoms. The Bertz CT molecular complexity index is 647. The van der Waals surface area contributed by atoms with Gasteiger partial charge in [-0.3, -0.25) is 4.79 Å². The smallest absolute Gasteiger partial charge is 0.293 e. The summed E-state index contributed by atoms with van der Waals surface area (Å²) in [6, 6.07) is 7.91. The van der Waals surface area contributed by atoms with Crippen molar-refractivity contribution in [2.24, 2.45) is 0 Å². The lowest BCUT2D eigenvalue weighted by atomic mass is 10.2. The van der Waals surface area contributed by atoms with Gasteiger partial charge in [0.2, 0.25) is 0 Å². The third kappa shape index (κ3) is 3.03. The molecule has 0 N–H and O–H groups in total. The molecule has 1 heterocycles. The van der Waals surface area contributed by atoms with Crippen LogP contribution in [0.25, 0.3) is 6.20 Å². The Morgan fingerprint density at radius 3 is 2.74 bits per heavy atom. The monoisotopic (exact) mass is 276 g/mol. The second-order valence-corrected chi connectivity index (χ2v) is 4.41. The maximum Gasteiger partial charge on any atom is 0.293 e. The number of halogens is 1. The molecule has 4 nitrogen and oxygen atoms in total. The van der Waals surface area contributed by atoms with Gasteiger partial charge in [0.25, 0.3) is 5.56 Å². The highest BCUT2D eigenvalue weighted by molar-refractivity contribution is 6.31. The fourth-order valence-electron chi connectivity index (χ4n) is 1.51. The highest BCUT2D eigenvalue weighted by Crippen LogP contribution is 2.19. The van der Waals surface area contributed by atoms with Crippen LogP contribution >= 0.6 is 11.6 Å². The van der Waals surface area contributed by atoms with Gasteiger partial charge in [-0.25, -0.2) is 4.68 Å². The van der Waals surface area contributed by atoms with E-state index in [1.54, 1.807) is 0 Å². The van der Waals surface area contributed by atoms with Gasteiger partial charge in [-0.15, -0.1) is 0 Å². The van der Waals surface area contributed by atoms with Crippen LogP contribution in [-0.2, 0) is 6.61 Å². The van der Waals surface area contributed by atoms with Gasteiger partial charge in [-0.2, -0.15) is 5.10 Å². The minimum atomic E-state index is -0.446. The second-order valence-electron chi connectivity index (χ2n) is 4.03. The molecule has 0 saturated carbocycles. The highest BCUT2D eigenvalue weighted by Gasteiger charge is 2.09. The molecule has 0 saturated heterocycles. The van der Waals surface area contributed by atoms with Crippen molar-refractivity contribution >= 4 is 17.8 Å². The Morgan fingerprint density at radius 2 is 2.11 bits per heavy atom. The van der Waals surface area contributed by atoms with E-state index in [-0.39, 0.29) is 10.8 Å². The molecule has 0 aliphatic carbocycles. The van der Waals surface area contributed by atoms with Gasteiger partial charge in [-0.1, -0.05) is 48.0 Å². The van der Waals surface area contributed by atoms with Crippen LogP contribution in [0.1, 0.15) is 11.1 Å². The van der Waals surface area contributed by atoms with E-state index in [4.69, 9.17) is 16.3 Å². The van der Waals surface area contributed by atoms with Crippen molar-refractivity contribution in [3.8, 4) is 5.75 Å². The van der Waals surface area contributed by atoms with Crippen LogP contribution in [0.3, 0.4) is 0 Å². The van der Waals surface area contributed by atoms with Crippen molar-refractivity contribution in [2.75, 3.05) is 0 Å². The van der Waals surface area contributed by atoms with Gasteiger partial charge in [0.15, 0.2) is 10.8 Å². The number of aromatic nitrogens is 2. The highest BCUT2D eigenvalue weighted by atomic mass is 35.5. The number of rotatable bonds is 4. The third-order valence-corrected chi connectivity index (χ3v) is 2.95. The lowest BCUT2D eigenvalue weighted by Crippen LogP contribution is -2.19. The molecule has 98 valence electrons. The summed E-state index contributed by atoms with van der Waals surface area (Å²) < 4.78 is 6.56. The molecule has 2 rings (SSSR count). The first-order chi connectivity index (χ1) is 9.11. The topological polar surface area (TPSA) is 44.1 Å². The van der Waals surface area contributed by atoms with Crippen molar-refractivity contribution < 1.29 is 4.74 Å². The number of hydrogen-bond donors (Lipinski definition) is 0. The van der Waals surface area contributed by atoms with Gasteiger partial charge in [0, 0.05) is 6.20 Å². The zero-order chi connectivity index (χ0) is 13.8. The average Bonchev–Trinajstić information content (AvgIpc) is 2.42. The van der Waals surface area contributed by atoms with Crippen LogP contribution in [-0.4, -0.2) is 9.78 Å². The molecule has 0 amide bonds. The second kappa shape index (κ2) is 5.71. The molecule has 0 radical (unpaired) electrons. The first-order valence-corrected chi connectivity index (χ1v) is 6.08. The van der Waals surface area contributed by atoms with Crippen molar-refractivity contribution in [3.05, 3.63) is 63.5 Å². The maximum atomic E-state index is 11.7. The van der Waals surface area contributed by atoms with Crippen molar-refractivity contribution in [1.29, 1.82) is 0 Å². The summed E-state index contributed by atoms with van der Waals surface area (Å²) >= 11 is 5.92. The molecule has 0 bridgehead atoms. The Balaban J connectivity index is 2.16. The standard InChI is InChI=1S/C14H13ClN2O2/c1-3-17-14(18)13(15)12(8-16-17)19-9-11-6-4-10(2)5-7-11/h3-8H,1,9H2,2H3. The number of aryl methyl sites for hydroxylation is 1. The number of ether oxygens (including phenoxy) is 1.